The molecule has 6 nitrogen and oxygen atoms in total. The summed E-state index contributed by atoms with van der Waals surface area (Å²) in [5.74, 6) is -0.201. The Morgan fingerprint density at radius 3 is 2.40 bits per heavy atom. The van der Waals surface area contributed by atoms with Crippen molar-refractivity contribution in [1.29, 1.82) is 0 Å². The van der Waals surface area contributed by atoms with E-state index in [0.717, 1.165) is 16.8 Å². The van der Waals surface area contributed by atoms with E-state index >= 15 is 0 Å². The number of nitrogens with zero attached hydrogens (tertiary/aromatic N) is 3. The van der Waals surface area contributed by atoms with Crippen LogP contribution < -0.4 is 10.9 Å². The number of anilines is 1. The van der Waals surface area contributed by atoms with Gasteiger partial charge in [0.15, 0.2) is 5.65 Å². The van der Waals surface area contributed by atoms with E-state index in [1.165, 1.54) is 0 Å². The summed E-state index contributed by atoms with van der Waals surface area (Å²) in [5, 5.41) is 2.92. The average Bonchev–Trinajstić information content (AvgIpc) is 2.73. The fourth-order valence-corrected chi connectivity index (χ4v) is 3.59. The molecule has 0 aliphatic heterocycles. The third-order valence-corrected chi connectivity index (χ3v) is 4.92. The van der Waals surface area contributed by atoms with Gasteiger partial charge in [-0.1, -0.05) is 18.2 Å². The van der Waals surface area contributed by atoms with E-state index in [9.17, 15) is 9.59 Å². The van der Waals surface area contributed by atoms with E-state index < -0.39 is 0 Å². The summed E-state index contributed by atoms with van der Waals surface area (Å²) in [4.78, 5) is 34.3. The van der Waals surface area contributed by atoms with Crippen LogP contribution in [-0.4, -0.2) is 20.4 Å². The summed E-state index contributed by atoms with van der Waals surface area (Å²) in [6, 6.07) is 16.5. The van der Waals surface area contributed by atoms with E-state index in [0.29, 0.717) is 34.5 Å². The van der Waals surface area contributed by atoms with Gasteiger partial charge in [0.2, 0.25) is 0 Å². The molecule has 150 valence electrons. The van der Waals surface area contributed by atoms with Crippen molar-refractivity contribution in [1.82, 2.24) is 14.5 Å². The third kappa shape index (κ3) is 3.72. The lowest BCUT2D eigenvalue weighted by Crippen LogP contribution is -2.23. The maximum atomic E-state index is 12.9. The van der Waals surface area contributed by atoms with Gasteiger partial charge in [0.25, 0.3) is 11.5 Å². The number of fused-ring (bicyclic) bond motifs is 1. The first-order valence-corrected chi connectivity index (χ1v) is 9.82. The molecule has 0 saturated carbocycles. The second-order valence-electron chi connectivity index (χ2n) is 7.26. The molecule has 30 heavy (non-hydrogen) atoms. The highest BCUT2D eigenvalue weighted by molar-refractivity contribution is 6.04. The Balaban J connectivity index is 1.66. The van der Waals surface area contributed by atoms with Gasteiger partial charge < -0.3 is 5.32 Å². The summed E-state index contributed by atoms with van der Waals surface area (Å²) in [6.45, 7) is 6.39. The highest BCUT2D eigenvalue weighted by Gasteiger charge is 2.14. The molecule has 2 heterocycles. The van der Waals surface area contributed by atoms with E-state index in [1.54, 1.807) is 41.1 Å². The lowest BCUT2D eigenvalue weighted by molar-refractivity contribution is 0.102. The van der Waals surface area contributed by atoms with Gasteiger partial charge in [0, 0.05) is 29.6 Å². The van der Waals surface area contributed by atoms with E-state index in [1.807, 2.05) is 39.0 Å². The summed E-state index contributed by atoms with van der Waals surface area (Å²) in [7, 11) is 0. The summed E-state index contributed by atoms with van der Waals surface area (Å²) in [6.07, 6.45) is 1.65. The molecule has 4 aromatic rings. The van der Waals surface area contributed by atoms with Gasteiger partial charge in [-0.3, -0.25) is 14.2 Å². The van der Waals surface area contributed by atoms with Crippen molar-refractivity contribution < 1.29 is 4.79 Å². The van der Waals surface area contributed by atoms with Crippen molar-refractivity contribution in [3.8, 4) is 11.3 Å². The quantitative estimate of drug-likeness (QED) is 0.554. The fourth-order valence-electron chi connectivity index (χ4n) is 3.59. The van der Waals surface area contributed by atoms with Crippen molar-refractivity contribution in [2.45, 2.75) is 27.3 Å². The Labute approximate surface area is 174 Å². The van der Waals surface area contributed by atoms with Crippen LogP contribution in [0.2, 0.25) is 0 Å². The van der Waals surface area contributed by atoms with Crippen LogP contribution in [0.1, 0.15) is 28.4 Å². The summed E-state index contributed by atoms with van der Waals surface area (Å²) in [5.41, 5.74) is 5.48. The van der Waals surface area contributed by atoms with Gasteiger partial charge >= 0.3 is 0 Å². The molecule has 0 saturated heterocycles. The number of rotatable bonds is 4. The standard InChI is InChI=1S/C24H22N4O2/c1-4-28-22-20(6-5-11-25-22)27-21(24(28)30)17-7-9-18(10-8-17)23(29)26-19-13-15(2)12-16(3)14-19/h5-14H,4H2,1-3H3,(H,26,29). The minimum absolute atomic E-state index is 0.198. The monoisotopic (exact) mass is 398 g/mol. The van der Waals surface area contributed by atoms with Crippen molar-refractivity contribution in [2.24, 2.45) is 0 Å². The zero-order chi connectivity index (χ0) is 21.3. The highest BCUT2D eigenvalue weighted by atomic mass is 16.1. The normalized spacial score (nSPS) is 10.9. The SMILES string of the molecule is CCn1c(=O)c(-c2ccc(C(=O)Nc3cc(C)cc(C)c3)cc2)nc2cccnc21. The van der Waals surface area contributed by atoms with Crippen molar-refractivity contribution >= 4 is 22.8 Å². The van der Waals surface area contributed by atoms with Crippen LogP contribution >= 0.6 is 0 Å². The fraction of sp³-hybridized carbons (Fsp3) is 0.167. The molecule has 0 radical (unpaired) electrons. The van der Waals surface area contributed by atoms with Gasteiger partial charge in [0.05, 0.1) is 0 Å². The molecular formula is C24H22N4O2. The Bertz CT molecular complexity index is 1290. The molecule has 0 spiro atoms. The zero-order valence-corrected chi connectivity index (χ0v) is 17.1. The molecular weight excluding hydrogens is 376 g/mol. The van der Waals surface area contributed by atoms with Gasteiger partial charge in [-0.25, -0.2) is 9.97 Å². The van der Waals surface area contributed by atoms with Crippen molar-refractivity contribution in [2.75, 3.05) is 5.32 Å². The van der Waals surface area contributed by atoms with Crippen molar-refractivity contribution in [3.05, 3.63) is 87.8 Å². The molecule has 6 heteroatoms. The molecule has 0 atom stereocenters. The molecule has 0 bridgehead atoms. The van der Waals surface area contributed by atoms with Crippen molar-refractivity contribution in [3.63, 3.8) is 0 Å². The maximum Gasteiger partial charge on any atom is 0.278 e. The molecule has 0 aliphatic rings. The van der Waals surface area contributed by atoms with Crippen LogP contribution in [-0.2, 0) is 6.54 Å². The number of amides is 1. The Hall–Kier alpha value is -3.80. The second kappa shape index (κ2) is 7.91. The lowest BCUT2D eigenvalue weighted by atomic mass is 10.1. The van der Waals surface area contributed by atoms with Crippen LogP contribution in [0, 0.1) is 13.8 Å². The number of carbonyl (C=O) groups excluding carboxylic acids is 1. The van der Waals surface area contributed by atoms with Gasteiger partial charge in [-0.05, 0) is 68.3 Å². The average molecular weight is 398 g/mol. The number of nitrogens with one attached hydrogen (secondary N) is 1. The number of hydrogen-bond donors (Lipinski definition) is 1. The number of pyridine rings is 1. The molecule has 1 amide bonds. The second-order valence-corrected chi connectivity index (χ2v) is 7.26. The minimum Gasteiger partial charge on any atom is -0.322 e. The predicted octanol–water partition coefficient (Wildman–Crippen LogP) is 4.35. The minimum atomic E-state index is -0.201. The van der Waals surface area contributed by atoms with Crippen LogP contribution in [0.3, 0.4) is 0 Å². The van der Waals surface area contributed by atoms with Crippen LogP contribution in [0.15, 0.2) is 65.6 Å². The highest BCUT2D eigenvalue weighted by Crippen LogP contribution is 2.19. The maximum absolute atomic E-state index is 12.9. The molecule has 0 unspecified atom stereocenters. The lowest BCUT2D eigenvalue weighted by Gasteiger charge is -2.10. The van der Waals surface area contributed by atoms with Crippen LogP contribution in [0.4, 0.5) is 5.69 Å². The Morgan fingerprint density at radius 2 is 1.73 bits per heavy atom. The molecule has 0 aliphatic carbocycles. The van der Waals surface area contributed by atoms with E-state index in [4.69, 9.17) is 0 Å². The van der Waals surface area contributed by atoms with Gasteiger partial charge in [-0.2, -0.15) is 0 Å². The summed E-state index contributed by atoms with van der Waals surface area (Å²) >= 11 is 0. The molecule has 2 aromatic carbocycles. The third-order valence-electron chi connectivity index (χ3n) is 4.92. The van der Waals surface area contributed by atoms with E-state index in [2.05, 4.69) is 21.4 Å². The van der Waals surface area contributed by atoms with Crippen LogP contribution in [0.5, 0.6) is 0 Å². The first-order chi connectivity index (χ1) is 14.5. The molecule has 4 rings (SSSR count). The predicted molar refractivity (Wildman–Crippen MR) is 119 cm³/mol. The topological polar surface area (TPSA) is 76.9 Å². The summed E-state index contributed by atoms with van der Waals surface area (Å²) < 4.78 is 1.61. The molecule has 0 fully saturated rings. The van der Waals surface area contributed by atoms with Crippen LogP contribution in [0.25, 0.3) is 22.4 Å². The first-order valence-electron chi connectivity index (χ1n) is 9.82. The molecule has 1 N–H and O–H groups in total. The Morgan fingerprint density at radius 1 is 1.03 bits per heavy atom. The van der Waals surface area contributed by atoms with Gasteiger partial charge in [-0.15, -0.1) is 0 Å². The number of aromatic nitrogens is 3. The van der Waals surface area contributed by atoms with Gasteiger partial charge in [0.1, 0.15) is 11.2 Å². The smallest absolute Gasteiger partial charge is 0.278 e. The van der Waals surface area contributed by atoms with E-state index in [-0.39, 0.29) is 11.5 Å². The Kier molecular flexibility index (Phi) is 5.14. The first kappa shape index (κ1) is 19.5. The largest absolute Gasteiger partial charge is 0.322 e. The zero-order valence-electron chi connectivity index (χ0n) is 17.1. The number of carbonyl (C=O) groups is 1. The number of hydrogen-bond acceptors (Lipinski definition) is 4. The number of aryl methyl sites for hydroxylation is 3. The molecule has 2 aromatic heterocycles. The number of benzene rings is 2.